The third kappa shape index (κ3) is 4.98. The van der Waals surface area contributed by atoms with E-state index in [1.54, 1.807) is 38.3 Å². The molecule has 26 heavy (non-hydrogen) atoms. The Labute approximate surface area is 156 Å². The minimum absolute atomic E-state index is 0.0910. The fourth-order valence-corrected chi connectivity index (χ4v) is 3.64. The Kier molecular flexibility index (Phi) is 7.03. The van der Waals surface area contributed by atoms with Crippen molar-refractivity contribution in [1.29, 1.82) is 0 Å². The van der Waals surface area contributed by atoms with Gasteiger partial charge in [-0.05, 0) is 43.7 Å². The normalized spacial score (nSPS) is 12.9. The molecule has 6 nitrogen and oxygen atoms in total. The van der Waals surface area contributed by atoms with Crippen molar-refractivity contribution in [3.63, 3.8) is 0 Å². The van der Waals surface area contributed by atoms with Crippen LogP contribution in [0.4, 0.5) is 0 Å². The molecule has 2 rings (SSSR count). The van der Waals surface area contributed by atoms with E-state index in [4.69, 9.17) is 9.47 Å². The highest BCUT2D eigenvalue weighted by molar-refractivity contribution is 7.99. The van der Waals surface area contributed by atoms with Crippen LogP contribution in [0, 0.1) is 17.0 Å². The quantitative estimate of drug-likeness (QED) is 0.300. The van der Waals surface area contributed by atoms with Crippen molar-refractivity contribution >= 4 is 17.7 Å². The summed E-state index contributed by atoms with van der Waals surface area (Å²) in [5.74, 6) is -0.195. The van der Waals surface area contributed by atoms with Crippen LogP contribution in [0.2, 0.25) is 0 Å². The number of hydrogen-bond donors (Lipinski definition) is 0. The third-order valence-electron chi connectivity index (χ3n) is 3.77. The van der Waals surface area contributed by atoms with Crippen LogP contribution in [-0.4, -0.2) is 30.7 Å². The molecule has 0 radical (unpaired) electrons. The van der Waals surface area contributed by atoms with Gasteiger partial charge in [0, 0.05) is 9.82 Å². The van der Waals surface area contributed by atoms with Gasteiger partial charge in [0.1, 0.15) is 11.0 Å². The lowest BCUT2D eigenvalue weighted by Gasteiger charge is -2.20. The third-order valence-corrected chi connectivity index (χ3v) is 5.10. The molecule has 0 aliphatic rings. The van der Waals surface area contributed by atoms with Crippen molar-refractivity contribution in [2.45, 2.75) is 30.0 Å². The van der Waals surface area contributed by atoms with Crippen LogP contribution in [0.5, 0.6) is 5.75 Å². The largest absolute Gasteiger partial charge is 0.497 e. The van der Waals surface area contributed by atoms with Crippen molar-refractivity contribution in [1.82, 2.24) is 0 Å². The van der Waals surface area contributed by atoms with E-state index < -0.39 is 22.2 Å². The predicted molar refractivity (Wildman–Crippen MR) is 100 cm³/mol. The van der Waals surface area contributed by atoms with Gasteiger partial charge >= 0.3 is 12.0 Å². The molecule has 0 aliphatic carbocycles. The molecular weight excluding hydrogens is 354 g/mol. The zero-order chi connectivity index (χ0) is 19.1. The lowest BCUT2D eigenvalue weighted by atomic mass is 10.1. The summed E-state index contributed by atoms with van der Waals surface area (Å²) in [4.78, 5) is 24.2. The molecule has 0 N–H and O–H groups in total. The van der Waals surface area contributed by atoms with E-state index in [9.17, 15) is 14.9 Å². The minimum Gasteiger partial charge on any atom is -0.497 e. The van der Waals surface area contributed by atoms with Crippen molar-refractivity contribution in [2.75, 3.05) is 13.7 Å². The number of aryl methyl sites for hydroxylation is 1. The molecule has 2 atom stereocenters. The van der Waals surface area contributed by atoms with E-state index in [0.29, 0.717) is 11.3 Å². The van der Waals surface area contributed by atoms with Gasteiger partial charge in [0.15, 0.2) is 0 Å². The number of nitrogens with zero attached hydrogens (tertiary/aromatic N) is 1. The van der Waals surface area contributed by atoms with Gasteiger partial charge in [-0.1, -0.05) is 29.8 Å². The molecule has 7 heteroatoms. The molecule has 0 saturated heterocycles. The van der Waals surface area contributed by atoms with Gasteiger partial charge in [-0.3, -0.25) is 10.1 Å². The Morgan fingerprint density at radius 1 is 1.15 bits per heavy atom. The highest BCUT2D eigenvalue weighted by atomic mass is 32.2. The van der Waals surface area contributed by atoms with E-state index >= 15 is 0 Å². The molecule has 0 bridgehead atoms. The van der Waals surface area contributed by atoms with Crippen molar-refractivity contribution < 1.29 is 19.2 Å². The van der Waals surface area contributed by atoms with Crippen LogP contribution < -0.4 is 4.74 Å². The summed E-state index contributed by atoms with van der Waals surface area (Å²) >= 11 is 1.27. The summed E-state index contributed by atoms with van der Waals surface area (Å²) in [6.07, 6.45) is 0. The SMILES string of the molecule is CCOC(=O)C(C(Sc1ccc(C)cc1)c1ccc(OC)cc1)[N+](=O)[O-]. The fourth-order valence-electron chi connectivity index (χ4n) is 2.42. The maximum atomic E-state index is 12.3. The van der Waals surface area contributed by atoms with E-state index in [1.165, 1.54) is 11.8 Å². The molecule has 2 aromatic rings. The Morgan fingerprint density at radius 2 is 1.77 bits per heavy atom. The van der Waals surface area contributed by atoms with Gasteiger partial charge in [0.25, 0.3) is 0 Å². The number of esters is 1. The average Bonchev–Trinajstić information content (AvgIpc) is 2.63. The molecule has 0 aliphatic heterocycles. The van der Waals surface area contributed by atoms with Gasteiger partial charge in [0.2, 0.25) is 0 Å². The Balaban J connectivity index is 2.42. The second-order valence-electron chi connectivity index (χ2n) is 5.61. The minimum atomic E-state index is -1.50. The number of rotatable bonds is 8. The van der Waals surface area contributed by atoms with Gasteiger partial charge in [0.05, 0.1) is 13.7 Å². The first-order valence-electron chi connectivity index (χ1n) is 8.13. The summed E-state index contributed by atoms with van der Waals surface area (Å²) in [5.41, 5.74) is 1.75. The predicted octanol–water partition coefficient (Wildman–Crippen LogP) is 4.05. The van der Waals surface area contributed by atoms with Gasteiger partial charge in [-0.25, -0.2) is 4.79 Å². The smallest absolute Gasteiger partial charge is 0.383 e. The Bertz CT molecular complexity index is 746. The number of carbonyl (C=O) groups is 1. The van der Waals surface area contributed by atoms with E-state index in [-0.39, 0.29) is 6.61 Å². The standard InChI is InChI=1S/C19H21NO5S/c1-4-25-19(21)17(20(22)23)18(14-7-9-15(24-3)10-8-14)26-16-11-5-13(2)6-12-16/h5-12,17-18H,4H2,1-3H3. The molecule has 0 heterocycles. The number of thioether (sulfide) groups is 1. The Morgan fingerprint density at radius 3 is 2.27 bits per heavy atom. The second kappa shape index (κ2) is 9.24. The lowest BCUT2D eigenvalue weighted by molar-refractivity contribution is -0.510. The monoisotopic (exact) mass is 375 g/mol. The molecule has 0 spiro atoms. The summed E-state index contributed by atoms with van der Waals surface area (Å²) in [7, 11) is 1.55. The van der Waals surface area contributed by atoms with E-state index in [0.717, 1.165) is 10.5 Å². The van der Waals surface area contributed by atoms with Crippen LogP contribution in [0.15, 0.2) is 53.4 Å². The highest BCUT2D eigenvalue weighted by Gasteiger charge is 2.41. The number of ether oxygens (including phenoxy) is 2. The molecule has 0 saturated carbocycles. The summed E-state index contributed by atoms with van der Waals surface area (Å²) in [6.45, 7) is 3.69. The van der Waals surface area contributed by atoms with E-state index in [2.05, 4.69) is 0 Å². The first kappa shape index (κ1) is 19.8. The maximum absolute atomic E-state index is 12.3. The zero-order valence-electron chi connectivity index (χ0n) is 14.9. The van der Waals surface area contributed by atoms with Crippen molar-refractivity contribution in [2.24, 2.45) is 0 Å². The molecule has 2 unspecified atom stereocenters. The number of carbonyl (C=O) groups excluding carboxylic acids is 1. The van der Waals surface area contributed by atoms with Crippen LogP contribution in [0.1, 0.15) is 23.3 Å². The highest BCUT2D eigenvalue weighted by Crippen LogP contribution is 2.40. The molecule has 0 fully saturated rings. The van der Waals surface area contributed by atoms with Gasteiger partial charge in [-0.2, -0.15) is 0 Å². The zero-order valence-corrected chi connectivity index (χ0v) is 15.7. The summed E-state index contributed by atoms with van der Waals surface area (Å²) in [6, 6.07) is 13.0. The summed E-state index contributed by atoms with van der Waals surface area (Å²) < 4.78 is 10.1. The molecule has 0 amide bonds. The van der Waals surface area contributed by atoms with Crippen LogP contribution in [-0.2, 0) is 9.53 Å². The van der Waals surface area contributed by atoms with Crippen LogP contribution >= 0.6 is 11.8 Å². The second-order valence-corrected chi connectivity index (χ2v) is 6.82. The number of nitro groups is 1. The van der Waals surface area contributed by atoms with Crippen molar-refractivity contribution in [3.8, 4) is 5.75 Å². The molecule has 0 aromatic heterocycles. The van der Waals surface area contributed by atoms with Crippen LogP contribution in [0.3, 0.4) is 0 Å². The topological polar surface area (TPSA) is 78.7 Å². The number of methoxy groups -OCH3 is 1. The van der Waals surface area contributed by atoms with Gasteiger partial charge < -0.3 is 9.47 Å². The average molecular weight is 375 g/mol. The number of benzene rings is 2. The molecular formula is C19H21NO5S. The van der Waals surface area contributed by atoms with Gasteiger partial charge in [-0.15, -0.1) is 11.8 Å². The lowest BCUT2D eigenvalue weighted by Crippen LogP contribution is -2.36. The maximum Gasteiger partial charge on any atom is 0.383 e. The first-order valence-corrected chi connectivity index (χ1v) is 9.01. The van der Waals surface area contributed by atoms with Crippen LogP contribution in [0.25, 0.3) is 0 Å². The molecule has 138 valence electrons. The molecule has 2 aromatic carbocycles. The number of hydrogen-bond acceptors (Lipinski definition) is 6. The summed E-state index contributed by atoms with van der Waals surface area (Å²) in [5, 5.41) is 10.9. The fraction of sp³-hybridized carbons (Fsp3) is 0.316. The Hall–Kier alpha value is -2.54. The first-order chi connectivity index (χ1) is 12.5. The van der Waals surface area contributed by atoms with E-state index in [1.807, 2.05) is 31.2 Å². The van der Waals surface area contributed by atoms with Crippen molar-refractivity contribution in [3.05, 3.63) is 69.8 Å².